The van der Waals surface area contributed by atoms with Gasteiger partial charge in [-0.15, -0.1) is 0 Å². The van der Waals surface area contributed by atoms with Gasteiger partial charge in [-0.1, -0.05) is 32.4 Å². The van der Waals surface area contributed by atoms with E-state index in [2.05, 4.69) is 24.6 Å². The van der Waals surface area contributed by atoms with Crippen LogP contribution in [0.15, 0.2) is 54.7 Å². The van der Waals surface area contributed by atoms with E-state index in [-0.39, 0.29) is 18.8 Å². The van der Waals surface area contributed by atoms with Crippen molar-refractivity contribution in [2.75, 3.05) is 19.8 Å². The van der Waals surface area contributed by atoms with Gasteiger partial charge >= 0.3 is 5.97 Å². The smallest absolute Gasteiger partial charge is 0.335 e. The van der Waals surface area contributed by atoms with Crippen LogP contribution in [0, 0.1) is 0 Å². The summed E-state index contributed by atoms with van der Waals surface area (Å²) < 4.78 is 10.5. The van der Waals surface area contributed by atoms with Crippen LogP contribution in [-0.4, -0.2) is 35.9 Å². The van der Waals surface area contributed by atoms with Crippen molar-refractivity contribution >= 4 is 5.97 Å². The predicted molar refractivity (Wildman–Crippen MR) is 106 cm³/mol. The van der Waals surface area contributed by atoms with E-state index < -0.39 is 12.6 Å². The Morgan fingerprint density at radius 2 is 1.89 bits per heavy atom. The highest BCUT2D eigenvalue weighted by Crippen LogP contribution is 2.21. The van der Waals surface area contributed by atoms with E-state index in [0.29, 0.717) is 5.75 Å². The normalized spacial score (nSPS) is 10.4. The predicted octanol–water partition coefficient (Wildman–Crippen LogP) is 3.95. The molecule has 0 atom stereocenters. The second-order valence-corrected chi connectivity index (χ2v) is 6.28. The molecule has 1 heterocycles. The largest absolute Gasteiger partial charge is 0.490 e. The Morgan fingerprint density at radius 3 is 2.52 bits per heavy atom. The van der Waals surface area contributed by atoms with E-state index in [1.807, 2.05) is 36.5 Å². The zero-order chi connectivity index (χ0) is 19.5. The lowest BCUT2D eigenvalue weighted by atomic mass is 10.1. The van der Waals surface area contributed by atoms with Gasteiger partial charge in [0.2, 0.25) is 0 Å². The van der Waals surface area contributed by atoms with Gasteiger partial charge in [-0.3, -0.25) is 4.98 Å². The molecule has 0 spiro atoms. The van der Waals surface area contributed by atoms with Gasteiger partial charge in [0.1, 0.15) is 19.0 Å². The van der Waals surface area contributed by atoms with Crippen molar-refractivity contribution in [3.05, 3.63) is 60.3 Å². The first kappa shape index (κ1) is 20.6. The maximum absolute atomic E-state index is 11.3. The maximum Gasteiger partial charge on any atom is 0.335 e. The lowest BCUT2D eigenvalue weighted by Gasteiger charge is -2.09. The van der Waals surface area contributed by atoms with E-state index in [4.69, 9.17) is 14.6 Å². The van der Waals surface area contributed by atoms with Crippen molar-refractivity contribution in [1.29, 1.82) is 0 Å². The maximum atomic E-state index is 11.3. The number of pyridine rings is 1. The third-order valence-corrected chi connectivity index (χ3v) is 4.11. The summed E-state index contributed by atoms with van der Waals surface area (Å²) in [5, 5.41) is 8.79. The SMILES string of the molecule is C=C(CO)C(=O)OCCOc1ccc(-c2ccc(CCCCC)cn2)cc1. The second-order valence-electron chi connectivity index (χ2n) is 6.28. The monoisotopic (exact) mass is 369 g/mol. The summed E-state index contributed by atoms with van der Waals surface area (Å²) >= 11 is 0. The highest BCUT2D eigenvalue weighted by molar-refractivity contribution is 5.87. The molecule has 0 unspecified atom stereocenters. The molecule has 0 amide bonds. The van der Waals surface area contributed by atoms with Crippen LogP contribution in [0.25, 0.3) is 11.3 Å². The molecule has 0 fully saturated rings. The van der Waals surface area contributed by atoms with Gasteiger partial charge in [-0.25, -0.2) is 4.79 Å². The molecular formula is C22H27NO4. The minimum Gasteiger partial charge on any atom is -0.490 e. The van der Waals surface area contributed by atoms with Crippen LogP contribution >= 0.6 is 0 Å². The Labute approximate surface area is 160 Å². The summed E-state index contributed by atoms with van der Waals surface area (Å²) in [6.45, 7) is 5.53. The van der Waals surface area contributed by atoms with Crippen molar-refractivity contribution < 1.29 is 19.4 Å². The van der Waals surface area contributed by atoms with Gasteiger partial charge in [0.15, 0.2) is 0 Å². The van der Waals surface area contributed by atoms with E-state index in [1.54, 1.807) is 0 Å². The van der Waals surface area contributed by atoms with E-state index in [0.717, 1.165) is 17.7 Å². The number of unbranched alkanes of at least 4 members (excludes halogenated alkanes) is 2. The van der Waals surface area contributed by atoms with Gasteiger partial charge in [0.05, 0.1) is 17.9 Å². The highest BCUT2D eigenvalue weighted by Gasteiger charge is 2.07. The number of esters is 1. The van der Waals surface area contributed by atoms with Crippen LogP contribution in [0.2, 0.25) is 0 Å². The Hall–Kier alpha value is -2.66. The zero-order valence-electron chi connectivity index (χ0n) is 15.8. The molecule has 1 aromatic carbocycles. The van der Waals surface area contributed by atoms with Crippen LogP contribution in [0.4, 0.5) is 0 Å². The molecule has 5 nitrogen and oxygen atoms in total. The quantitative estimate of drug-likeness (QED) is 0.369. The number of hydrogen-bond acceptors (Lipinski definition) is 5. The van der Waals surface area contributed by atoms with E-state index in [9.17, 15) is 4.79 Å². The number of nitrogens with zero attached hydrogens (tertiary/aromatic N) is 1. The molecule has 1 N–H and O–H groups in total. The lowest BCUT2D eigenvalue weighted by Crippen LogP contribution is -2.14. The number of ether oxygens (including phenoxy) is 2. The summed E-state index contributed by atoms with van der Waals surface area (Å²) in [5.74, 6) is 0.0765. The third-order valence-electron chi connectivity index (χ3n) is 4.11. The molecule has 0 saturated carbocycles. The number of aromatic nitrogens is 1. The molecule has 1 aromatic heterocycles. The summed E-state index contributed by atoms with van der Waals surface area (Å²) in [5.41, 5.74) is 3.25. The van der Waals surface area contributed by atoms with Crippen molar-refractivity contribution in [1.82, 2.24) is 4.98 Å². The standard InChI is InChI=1S/C22H27NO4/c1-3-4-5-6-18-7-12-21(23-15-18)19-8-10-20(11-9-19)26-13-14-27-22(25)17(2)16-24/h7-12,15,24H,2-6,13-14,16H2,1H3. The number of aliphatic hydroxyl groups is 1. The van der Waals surface area contributed by atoms with Crippen LogP contribution in [0.5, 0.6) is 5.75 Å². The van der Waals surface area contributed by atoms with Gasteiger partial charge in [-0.2, -0.15) is 0 Å². The van der Waals surface area contributed by atoms with Crippen LogP contribution in [-0.2, 0) is 16.0 Å². The Balaban J connectivity index is 1.80. The summed E-state index contributed by atoms with van der Waals surface area (Å²) in [6, 6.07) is 11.8. The van der Waals surface area contributed by atoms with Crippen LogP contribution < -0.4 is 4.74 Å². The number of carbonyl (C=O) groups excluding carboxylic acids is 1. The molecule has 27 heavy (non-hydrogen) atoms. The molecule has 0 aliphatic rings. The Kier molecular flexibility index (Phi) is 8.52. The minimum atomic E-state index is -0.610. The van der Waals surface area contributed by atoms with Gasteiger partial charge < -0.3 is 14.6 Å². The number of aliphatic hydroxyl groups excluding tert-OH is 1. The minimum absolute atomic E-state index is 0.0308. The number of hydrogen-bond donors (Lipinski definition) is 1. The average Bonchev–Trinajstić information content (AvgIpc) is 2.71. The van der Waals surface area contributed by atoms with Gasteiger partial charge in [-0.05, 0) is 48.7 Å². The fraction of sp³-hybridized carbons (Fsp3) is 0.364. The lowest BCUT2D eigenvalue weighted by molar-refractivity contribution is -0.140. The molecule has 0 aliphatic carbocycles. The topological polar surface area (TPSA) is 68.7 Å². The number of rotatable bonds is 11. The van der Waals surface area contributed by atoms with Crippen molar-refractivity contribution in [3.8, 4) is 17.0 Å². The molecule has 0 radical (unpaired) electrons. The molecule has 5 heteroatoms. The van der Waals surface area contributed by atoms with Crippen molar-refractivity contribution in [2.45, 2.75) is 32.6 Å². The fourth-order valence-electron chi connectivity index (χ4n) is 2.50. The van der Waals surface area contributed by atoms with Crippen molar-refractivity contribution in [3.63, 3.8) is 0 Å². The number of aryl methyl sites for hydroxylation is 1. The Morgan fingerprint density at radius 1 is 1.11 bits per heavy atom. The van der Waals surface area contributed by atoms with Crippen LogP contribution in [0.3, 0.4) is 0 Å². The molecular weight excluding hydrogens is 342 g/mol. The van der Waals surface area contributed by atoms with Crippen molar-refractivity contribution in [2.24, 2.45) is 0 Å². The second kappa shape index (κ2) is 11.1. The first-order chi connectivity index (χ1) is 13.1. The summed E-state index contributed by atoms with van der Waals surface area (Å²) in [4.78, 5) is 15.9. The average molecular weight is 369 g/mol. The van der Waals surface area contributed by atoms with E-state index in [1.165, 1.54) is 24.8 Å². The first-order valence-electron chi connectivity index (χ1n) is 9.28. The van der Waals surface area contributed by atoms with Gasteiger partial charge in [0.25, 0.3) is 0 Å². The molecule has 0 saturated heterocycles. The van der Waals surface area contributed by atoms with E-state index >= 15 is 0 Å². The number of carbonyl (C=O) groups is 1. The fourth-order valence-corrected chi connectivity index (χ4v) is 2.50. The zero-order valence-corrected chi connectivity index (χ0v) is 15.8. The van der Waals surface area contributed by atoms with Crippen LogP contribution in [0.1, 0.15) is 31.7 Å². The number of benzene rings is 1. The Bertz CT molecular complexity index is 723. The molecule has 0 aliphatic heterocycles. The third kappa shape index (κ3) is 6.87. The molecule has 0 bridgehead atoms. The first-order valence-corrected chi connectivity index (χ1v) is 9.28. The summed E-state index contributed by atoms with van der Waals surface area (Å²) in [7, 11) is 0. The van der Waals surface area contributed by atoms with Gasteiger partial charge in [0, 0.05) is 11.8 Å². The molecule has 2 aromatic rings. The molecule has 2 rings (SSSR count). The molecule has 144 valence electrons. The highest BCUT2D eigenvalue weighted by atomic mass is 16.6. The summed E-state index contributed by atoms with van der Waals surface area (Å²) in [6.07, 6.45) is 6.69.